The molecule has 3 heteroatoms. The third-order valence-electron chi connectivity index (χ3n) is 4.94. The number of aryl methyl sites for hydroxylation is 1. The summed E-state index contributed by atoms with van der Waals surface area (Å²) in [6, 6.07) is 6.38. The van der Waals surface area contributed by atoms with Gasteiger partial charge in [0.15, 0.2) is 5.78 Å². The highest BCUT2D eigenvalue weighted by molar-refractivity contribution is 6.00. The second kappa shape index (κ2) is 6.93. The van der Waals surface area contributed by atoms with Crippen LogP contribution >= 0.6 is 12.4 Å². The maximum atomic E-state index is 12.8. The molecule has 1 aromatic rings. The number of carbonyl (C=O) groups excluding carboxylic acids is 1. The Labute approximate surface area is 134 Å². The van der Waals surface area contributed by atoms with Gasteiger partial charge in [-0.3, -0.25) is 4.79 Å². The van der Waals surface area contributed by atoms with Gasteiger partial charge in [0.1, 0.15) is 0 Å². The fraction of sp³-hybridized carbons (Fsp3) is 0.611. The van der Waals surface area contributed by atoms with E-state index in [9.17, 15) is 4.79 Å². The van der Waals surface area contributed by atoms with Crippen molar-refractivity contribution in [1.29, 1.82) is 0 Å². The van der Waals surface area contributed by atoms with Crippen LogP contribution in [0.2, 0.25) is 0 Å². The van der Waals surface area contributed by atoms with Crippen molar-refractivity contribution in [2.75, 3.05) is 19.6 Å². The Hall–Kier alpha value is -0.860. The van der Waals surface area contributed by atoms with Crippen LogP contribution in [0, 0.1) is 12.8 Å². The number of ketones is 1. The van der Waals surface area contributed by atoms with Gasteiger partial charge in [-0.25, -0.2) is 0 Å². The smallest absolute Gasteiger partial charge is 0.167 e. The van der Waals surface area contributed by atoms with Gasteiger partial charge in [0.25, 0.3) is 0 Å². The average molecular weight is 308 g/mol. The number of piperidine rings is 1. The zero-order chi connectivity index (χ0) is 14.1. The van der Waals surface area contributed by atoms with Crippen LogP contribution in [0.25, 0.3) is 0 Å². The minimum absolute atomic E-state index is 0. The van der Waals surface area contributed by atoms with Crippen molar-refractivity contribution >= 4 is 18.2 Å². The zero-order valence-corrected chi connectivity index (χ0v) is 13.9. The lowest BCUT2D eigenvalue weighted by Gasteiger charge is -2.34. The predicted octanol–water partition coefficient (Wildman–Crippen LogP) is 4.21. The monoisotopic (exact) mass is 307 g/mol. The Morgan fingerprint density at radius 1 is 1.19 bits per heavy atom. The number of hydrogen-bond acceptors (Lipinski definition) is 2. The minimum atomic E-state index is 0. The second-order valence-electron chi connectivity index (χ2n) is 6.65. The van der Waals surface area contributed by atoms with Crippen LogP contribution in [-0.4, -0.2) is 30.3 Å². The lowest BCUT2D eigenvalue weighted by atomic mass is 9.76. The number of fused-ring (bicyclic) bond motifs is 1. The summed E-state index contributed by atoms with van der Waals surface area (Å²) in [5.74, 6) is 1.10. The van der Waals surface area contributed by atoms with Crippen molar-refractivity contribution in [2.45, 2.75) is 45.4 Å². The van der Waals surface area contributed by atoms with Gasteiger partial charge in [0.2, 0.25) is 0 Å². The van der Waals surface area contributed by atoms with Crippen LogP contribution in [0.4, 0.5) is 0 Å². The Kier molecular flexibility index (Phi) is 5.45. The van der Waals surface area contributed by atoms with E-state index in [1.807, 2.05) is 0 Å². The molecule has 0 saturated carbocycles. The number of nitrogens with zero attached hydrogens (tertiary/aromatic N) is 1. The standard InChI is InChI=1S/C18H25NO.ClH/c1-13-6-7-16-14(2)11-15(18(20)17(16)10-13)12-19-8-4-3-5-9-19;/h6-7,10,14-15H,3-5,8-9,11-12H2,1-2H3;1H. The summed E-state index contributed by atoms with van der Waals surface area (Å²) in [5.41, 5.74) is 3.45. The summed E-state index contributed by atoms with van der Waals surface area (Å²) in [7, 11) is 0. The maximum Gasteiger partial charge on any atom is 0.167 e. The van der Waals surface area contributed by atoms with Gasteiger partial charge in [-0.2, -0.15) is 0 Å². The Morgan fingerprint density at radius 2 is 1.90 bits per heavy atom. The van der Waals surface area contributed by atoms with E-state index in [1.165, 1.54) is 43.5 Å². The summed E-state index contributed by atoms with van der Waals surface area (Å²) in [4.78, 5) is 15.3. The van der Waals surface area contributed by atoms with E-state index >= 15 is 0 Å². The molecule has 0 aromatic heterocycles. The number of carbonyl (C=O) groups is 1. The molecular formula is C18H26ClNO. The van der Waals surface area contributed by atoms with Gasteiger partial charge in [-0.15, -0.1) is 12.4 Å². The quantitative estimate of drug-likeness (QED) is 0.816. The van der Waals surface area contributed by atoms with E-state index in [2.05, 4.69) is 36.9 Å². The molecule has 2 atom stereocenters. The van der Waals surface area contributed by atoms with E-state index in [-0.39, 0.29) is 18.3 Å². The highest BCUT2D eigenvalue weighted by atomic mass is 35.5. The summed E-state index contributed by atoms with van der Waals surface area (Å²) < 4.78 is 0. The molecule has 3 rings (SSSR count). The Balaban J connectivity index is 0.00000161. The van der Waals surface area contributed by atoms with Crippen molar-refractivity contribution in [3.8, 4) is 0 Å². The van der Waals surface area contributed by atoms with Crippen molar-refractivity contribution in [3.05, 3.63) is 34.9 Å². The molecule has 0 N–H and O–H groups in total. The van der Waals surface area contributed by atoms with Gasteiger partial charge >= 0.3 is 0 Å². The van der Waals surface area contributed by atoms with E-state index in [0.717, 1.165) is 18.5 Å². The molecule has 0 bridgehead atoms. The third-order valence-corrected chi connectivity index (χ3v) is 4.94. The first-order valence-electron chi connectivity index (χ1n) is 8.02. The van der Waals surface area contributed by atoms with Gasteiger partial charge in [-0.05, 0) is 56.8 Å². The molecular weight excluding hydrogens is 282 g/mol. The molecule has 0 radical (unpaired) electrons. The number of Topliss-reactive ketones (excluding diaryl/α,β-unsaturated/α-hetero) is 1. The first-order chi connectivity index (χ1) is 9.65. The van der Waals surface area contributed by atoms with Crippen LogP contribution < -0.4 is 0 Å². The van der Waals surface area contributed by atoms with Crippen molar-refractivity contribution in [2.24, 2.45) is 5.92 Å². The molecule has 2 unspecified atom stereocenters. The lowest BCUT2D eigenvalue weighted by molar-refractivity contribution is 0.0835. The number of hydrogen-bond donors (Lipinski definition) is 0. The summed E-state index contributed by atoms with van der Waals surface area (Å²) in [6.07, 6.45) is 4.97. The van der Waals surface area contributed by atoms with Crippen LogP contribution in [0.15, 0.2) is 18.2 Å². The van der Waals surface area contributed by atoms with Gasteiger partial charge < -0.3 is 4.90 Å². The lowest BCUT2D eigenvalue weighted by Crippen LogP contribution is -2.39. The molecule has 116 valence electrons. The van der Waals surface area contributed by atoms with E-state index < -0.39 is 0 Å². The number of halogens is 1. The van der Waals surface area contributed by atoms with E-state index in [0.29, 0.717) is 11.7 Å². The molecule has 21 heavy (non-hydrogen) atoms. The molecule has 2 aliphatic rings. The summed E-state index contributed by atoms with van der Waals surface area (Å²) in [5, 5.41) is 0. The molecule has 1 heterocycles. The summed E-state index contributed by atoms with van der Waals surface area (Å²) >= 11 is 0. The van der Waals surface area contributed by atoms with Crippen LogP contribution in [-0.2, 0) is 0 Å². The van der Waals surface area contributed by atoms with E-state index in [4.69, 9.17) is 0 Å². The number of benzene rings is 1. The molecule has 1 saturated heterocycles. The SMILES string of the molecule is Cc1ccc2c(c1)C(=O)C(CN1CCCCC1)CC2C.Cl. The van der Waals surface area contributed by atoms with Crippen molar-refractivity contribution in [3.63, 3.8) is 0 Å². The summed E-state index contributed by atoms with van der Waals surface area (Å²) in [6.45, 7) is 7.67. The van der Waals surface area contributed by atoms with Crippen molar-refractivity contribution in [1.82, 2.24) is 4.90 Å². The largest absolute Gasteiger partial charge is 0.303 e. The van der Waals surface area contributed by atoms with Gasteiger partial charge in [0, 0.05) is 18.0 Å². The first-order valence-corrected chi connectivity index (χ1v) is 8.02. The fourth-order valence-corrected chi connectivity index (χ4v) is 3.81. The molecule has 1 aliphatic heterocycles. The normalized spacial score (nSPS) is 26.1. The Morgan fingerprint density at radius 3 is 2.62 bits per heavy atom. The Bertz CT molecular complexity index is 508. The first kappa shape index (κ1) is 16.5. The average Bonchev–Trinajstić information content (AvgIpc) is 2.45. The fourth-order valence-electron chi connectivity index (χ4n) is 3.81. The number of rotatable bonds is 2. The van der Waals surface area contributed by atoms with Crippen LogP contribution in [0.3, 0.4) is 0 Å². The van der Waals surface area contributed by atoms with Crippen LogP contribution in [0.5, 0.6) is 0 Å². The number of likely N-dealkylation sites (tertiary alicyclic amines) is 1. The molecule has 1 fully saturated rings. The second-order valence-corrected chi connectivity index (χ2v) is 6.65. The highest BCUT2D eigenvalue weighted by Crippen LogP contribution is 2.35. The molecule has 2 nitrogen and oxygen atoms in total. The van der Waals surface area contributed by atoms with E-state index in [1.54, 1.807) is 0 Å². The van der Waals surface area contributed by atoms with Gasteiger partial charge in [0.05, 0.1) is 0 Å². The topological polar surface area (TPSA) is 20.3 Å². The maximum absolute atomic E-state index is 12.8. The minimum Gasteiger partial charge on any atom is -0.303 e. The molecule has 0 amide bonds. The van der Waals surface area contributed by atoms with Crippen LogP contribution in [0.1, 0.15) is 60.0 Å². The zero-order valence-electron chi connectivity index (χ0n) is 13.1. The van der Waals surface area contributed by atoms with Crippen molar-refractivity contribution < 1.29 is 4.79 Å². The third kappa shape index (κ3) is 3.49. The molecule has 1 aliphatic carbocycles. The molecule has 0 spiro atoms. The predicted molar refractivity (Wildman–Crippen MR) is 89.6 cm³/mol. The van der Waals surface area contributed by atoms with Gasteiger partial charge in [-0.1, -0.05) is 31.0 Å². The highest BCUT2D eigenvalue weighted by Gasteiger charge is 2.32. The molecule has 1 aromatic carbocycles.